The van der Waals surface area contributed by atoms with Crippen LogP contribution >= 0.6 is 0 Å². The lowest BCUT2D eigenvalue weighted by Crippen LogP contribution is -2.49. The summed E-state index contributed by atoms with van der Waals surface area (Å²) in [5, 5.41) is 2.87. The number of nitrogens with one attached hydrogen (secondary N) is 1. The van der Waals surface area contributed by atoms with Crippen LogP contribution in [0.5, 0.6) is 0 Å². The van der Waals surface area contributed by atoms with Crippen LogP contribution in [0.2, 0.25) is 0 Å². The molecule has 2 aromatic rings. The summed E-state index contributed by atoms with van der Waals surface area (Å²) in [7, 11) is 0. The minimum Gasteiger partial charge on any atom is -0.460 e. The number of piperidine rings is 1. The zero-order chi connectivity index (χ0) is 23.8. The molecule has 7 nitrogen and oxygen atoms in total. The Morgan fingerprint density at radius 3 is 2.36 bits per heavy atom. The fraction of sp³-hybridized carbons (Fsp3) is 0.423. The van der Waals surface area contributed by atoms with Crippen molar-refractivity contribution >= 4 is 18.0 Å². The van der Waals surface area contributed by atoms with Crippen LogP contribution < -0.4 is 5.32 Å². The van der Waals surface area contributed by atoms with Gasteiger partial charge in [0.2, 0.25) is 0 Å². The summed E-state index contributed by atoms with van der Waals surface area (Å²) in [6, 6.07) is 16.3. The number of esters is 1. The predicted molar refractivity (Wildman–Crippen MR) is 125 cm³/mol. The summed E-state index contributed by atoms with van der Waals surface area (Å²) in [5.41, 5.74) is 1.73. The van der Waals surface area contributed by atoms with Crippen molar-refractivity contribution in [3.05, 3.63) is 71.3 Å². The number of hydrogen-bond donors (Lipinski definition) is 1. The number of rotatable bonds is 6. The molecule has 1 aliphatic heterocycles. The molecule has 0 aromatic heterocycles. The Bertz CT molecular complexity index is 951. The second-order valence-electron chi connectivity index (χ2n) is 9.26. The lowest BCUT2D eigenvalue weighted by atomic mass is 10.0. The van der Waals surface area contributed by atoms with Crippen LogP contribution in [0.15, 0.2) is 54.6 Å². The van der Waals surface area contributed by atoms with Gasteiger partial charge < -0.3 is 19.7 Å². The number of nitrogens with zero attached hydrogens (tertiary/aromatic N) is 1. The van der Waals surface area contributed by atoms with E-state index in [1.54, 1.807) is 29.2 Å². The van der Waals surface area contributed by atoms with Crippen LogP contribution in [0, 0.1) is 0 Å². The number of ether oxygens (including phenoxy) is 2. The average molecular weight is 453 g/mol. The number of hydrogen-bond acceptors (Lipinski definition) is 5. The largest absolute Gasteiger partial charge is 0.460 e. The maximum absolute atomic E-state index is 13.0. The average Bonchev–Trinajstić information content (AvgIpc) is 2.77. The molecule has 1 atom stereocenters. The Balaban J connectivity index is 1.49. The van der Waals surface area contributed by atoms with Gasteiger partial charge in [0, 0.05) is 24.7 Å². The quantitative estimate of drug-likeness (QED) is 0.667. The van der Waals surface area contributed by atoms with E-state index in [0.717, 1.165) is 24.0 Å². The molecule has 7 heteroatoms. The van der Waals surface area contributed by atoms with Crippen LogP contribution in [0.3, 0.4) is 0 Å². The molecule has 0 radical (unpaired) electrons. The van der Waals surface area contributed by atoms with Crippen molar-refractivity contribution in [2.24, 2.45) is 0 Å². The zero-order valence-corrected chi connectivity index (χ0v) is 19.5. The van der Waals surface area contributed by atoms with E-state index in [2.05, 4.69) is 5.32 Å². The maximum Gasteiger partial charge on any atom is 0.407 e. The minimum atomic E-state index is -0.528. The Labute approximate surface area is 195 Å². The van der Waals surface area contributed by atoms with E-state index in [9.17, 15) is 14.4 Å². The highest BCUT2D eigenvalue weighted by Gasteiger charge is 2.26. The minimum absolute atomic E-state index is 0.0945. The predicted octanol–water partition coefficient (Wildman–Crippen LogP) is 4.10. The molecule has 3 rings (SSSR count). The Kier molecular flexibility index (Phi) is 8.09. The lowest BCUT2D eigenvalue weighted by molar-refractivity contribution is -0.153. The molecule has 1 fully saturated rings. The van der Waals surface area contributed by atoms with Gasteiger partial charge in [-0.05, 0) is 56.9 Å². The summed E-state index contributed by atoms with van der Waals surface area (Å²) in [6.45, 7) is 6.76. The molecule has 176 valence electrons. The Hall–Kier alpha value is -3.35. The molecule has 1 aliphatic rings. The smallest absolute Gasteiger partial charge is 0.407 e. The van der Waals surface area contributed by atoms with Crippen LogP contribution in [-0.4, -0.2) is 47.6 Å². The lowest BCUT2D eigenvalue weighted by Gasteiger charge is -2.33. The van der Waals surface area contributed by atoms with Crippen LogP contribution in [0.1, 0.15) is 55.1 Å². The molecular weight excluding hydrogens is 420 g/mol. The molecule has 0 saturated carbocycles. The molecule has 2 aromatic carbocycles. The van der Waals surface area contributed by atoms with E-state index in [4.69, 9.17) is 9.47 Å². The number of carbonyl (C=O) groups excluding carboxylic acids is 3. The van der Waals surface area contributed by atoms with Crippen molar-refractivity contribution in [1.29, 1.82) is 0 Å². The van der Waals surface area contributed by atoms with E-state index in [1.165, 1.54) is 0 Å². The number of carbonyl (C=O) groups is 3. The first-order valence-corrected chi connectivity index (χ1v) is 11.3. The zero-order valence-electron chi connectivity index (χ0n) is 19.5. The molecule has 0 spiro atoms. The Morgan fingerprint density at radius 2 is 1.70 bits per heavy atom. The molecule has 1 saturated heterocycles. The highest BCUT2D eigenvalue weighted by molar-refractivity contribution is 5.94. The summed E-state index contributed by atoms with van der Waals surface area (Å²) in [5.74, 6) is -0.395. The molecule has 0 bridgehead atoms. The Morgan fingerprint density at radius 1 is 1.00 bits per heavy atom. The number of amides is 2. The summed E-state index contributed by atoms with van der Waals surface area (Å²) in [4.78, 5) is 38.9. The first kappa shape index (κ1) is 24.3. The van der Waals surface area contributed by atoms with Crippen LogP contribution in [-0.2, 0) is 27.3 Å². The van der Waals surface area contributed by atoms with Crippen LogP contribution in [0.4, 0.5) is 4.79 Å². The topological polar surface area (TPSA) is 84.9 Å². The highest BCUT2D eigenvalue weighted by Crippen LogP contribution is 2.16. The van der Waals surface area contributed by atoms with Gasteiger partial charge in [0.15, 0.2) is 0 Å². The fourth-order valence-corrected chi connectivity index (χ4v) is 3.70. The molecule has 1 heterocycles. The van der Waals surface area contributed by atoms with E-state index >= 15 is 0 Å². The van der Waals surface area contributed by atoms with Crippen molar-refractivity contribution in [3.63, 3.8) is 0 Å². The summed E-state index contributed by atoms with van der Waals surface area (Å²) >= 11 is 0. The van der Waals surface area contributed by atoms with Gasteiger partial charge in [-0.1, -0.05) is 42.5 Å². The van der Waals surface area contributed by atoms with E-state index < -0.39 is 11.7 Å². The van der Waals surface area contributed by atoms with E-state index in [-0.39, 0.29) is 30.9 Å². The van der Waals surface area contributed by atoms with Crippen molar-refractivity contribution in [2.75, 3.05) is 13.1 Å². The molecule has 33 heavy (non-hydrogen) atoms. The second kappa shape index (κ2) is 11.0. The second-order valence-corrected chi connectivity index (χ2v) is 9.26. The number of alkyl carbamates (subject to hydrolysis) is 1. The first-order chi connectivity index (χ1) is 15.7. The maximum atomic E-state index is 13.0. The molecule has 1 N–H and O–H groups in total. The highest BCUT2D eigenvalue weighted by atomic mass is 16.6. The third-order valence-corrected chi connectivity index (χ3v) is 5.21. The summed E-state index contributed by atoms with van der Waals surface area (Å²) in [6.07, 6.45) is 1.27. The molecular formula is C26H32N2O5. The van der Waals surface area contributed by atoms with Gasteiger partial charge in [0.1, 0.15) is 12.2 Å². The van der Waals surface area contributed by atoms with Crippen molar-refractivity contribution in [2.45, 2.75) is 58.3 Å². The van der Waals surface area contributed by atoms with Gasteiger partial charge in [-0.15, -0.1) is 0 Å². The standard InChI is InChI=1S/C26H32N2O5/c1-26(2,3)33-23(29)16-19-11-13-21(14-12-19)24(30)28-15-7-10-22(17-28)27-25(31)32-18-20-8-5-4-6-9-20/h4-6,8-9,11-14,22H,7,10,15-18H2,1-3H3,(H,27,31). The molecule has 0 aliphatic carbocycles. The van der Waals surface area contributed by atoms with Crippen LogP contribution in [0.25, 0.3) is 0 Å². The van der Waals surface area contributed by atoms with Gasteiger partial charge in [0.05, 0.1) is 6.42 Å². The van der Waals surface area contributed by atoms with Gasteiger partial charge in [-0.25, -0.2) is 4.79 Å². The molecule has 2 amide bonds. The van der Waals surface area contributed by atoms with Gasteiger partial charge >= 0.3 is 12.1 Å². The fourth-order valence-electron chi connectivity index (χ4n) is 3.70. The van der Waals surface area contributed by atoms with Crippen molar-refractivity contribution < 1.29 is 23.9 Å². The molecule has 1 unspecified atom stereocenters. The first-order valence-electron chi connectivity index (χ1n) is 11.3. The monoisotopic (exact) mass is 452 g/mol. The third-order valence-electron chi connectivity index (χ3n) is 5.21. The van der Waals surface area contributed by atoms with Gasteiger partial charge in [-0.3, -0.25) is 9.59 Å². The number of benzene rings is 2. The SMILES string of the molecule is CC(C)(C)OC(=O)Cc1ccc(C(=O)N2CCCC(NC(=O)OCc3ccccc3)C2)cc1. The van der Waals surface area contributed by atoms with Crippen molar-refractivity contribution in [3.8, 4) is 0 Å². The van der Waals surface area contributed by atoms with Crippen molar-refractivity contribution in [1.82, 2.24) is 10.2 Å². The van der Waals surface area contributed by atoms with Gasteiger partial charge in [-0.2, -0.15) is 0 Å². The van der Waals surface area contributed by atoms with E-state index in [1.807, 2.05) is 51.1 Å². The normalized spacial score (nSPS) is 16.1. The number of likely N-dealkylation sites (tertiary alicyclic amines) is 1. The summed E-state index contributed by atoms with van der Waals surface area (Å²) < 4.78 is 10.6. The van der Waals surface area contributed by atoms with Gasteiger partial charge in [0.25, 0.3) is 5.91 Å². The van der Waals surface area contributed by atoms with E-state index in [0.29, 0.717) is 18.7 Å². The third kappa shape index (κ3) is 7.93.